The van der Waals surface area contributed by atoms with E-state index in [1.54, 1.807) is 0 Å². The van der Waals surface area contributed by atoms with Gasteiger partial charge in [-0.15, -0.1) is 0 Å². The number of fused-ring (bicyclic) bond motifs is 1. The molecule has 2 aliphatic rings. The smallest absolute Gasteiger partial charge is 0.338 e. The Bertz CT molecular complexity index is 1190. The van der Waals surface area contributed by atoms with Crippen molar-refractivity contribution in [2.24, 2.45) is 11.8 Å². The molecule has 1 heterocycles. The van der Waals surface area contributed by atoms with Crippen LogP contribution in [0.15, 0.2) is 54.6 Å². The summed E-state index contributed by atoms with van der Waals surface area (Å²) in [5, 5.41) is 0.113. The maximum atomic E-state index is 13.1. The topological polar surface area (TPSA) is 71.1 Å². The number of esters is 2. The SMILES string of the molecule is CC(C)OC(=O)CCCC1CCC2CC(OC(=O)c3ccc(-c4ccccc4)cc3)CC2OC1CO[Si](C)(C)C(C)(C)C. The molecule has 0 radical (unpaired) electrons. The van der Waals surface area contributed by atoms with Crippen molar-refractivity contribution in [1.82, 2.24) is 0 Å². The summed E-state index contributed by atoms with van der Waals surface area (Å²) in [7, 11) is -1.96. The fourth-order valence-corrected chi connectivity index (χ4v) is 7.06. The molecule has 0 aromatic heterocycles. The van der Waals surface area contributed by atoms with E-state index < -0.39 is 8.32 Å². The van der Waals surface area contributed by atoms with E-state index >= 15 is 0 Å². The quantitative estimate of drug-likeness (QED) is 0.188. The molecule has 0 bridgehead atoms. The lowest BCUT2D eigenvalue weighted by Crippen LogP contribution is -2.44. The highest BCUT2D eigenvalue weighted by Crippen LogP contribution is 2.42. The van der Waals surface area contributed by atoms with Gasteiger partial charge >= 0.3 is 11.9 Å². The van der Waals surface area contributed by atoms with Crippen LogP contribution in [0.25, 0.3) is 11.1 Å². The molecular weight excluding hydrogens is 556 g/mol. The van der Waals surface area contributed by atoms with Crippen molar-refractivity contribution in [3.63, 3.8) is 0 Å². The van der Waals surface area contributed by atoms with E-state index in [4.69, 9.17) is 18.6 Å². The van der Waals surface area contributed by atoms with Crippen LogP contribution < -0.4 is 0 Å². The Balaban J connectivity index is 1.37. The van der Waals surface area contributed by atoms with Crippen LogP contribution in [0.2, 0.25) is 18.1 Å². The van der Waals surface area contributed by atoms with Crippen LogP contribution in [-0.2, 0) is 23.4 Å². The molecule has 5 atom stereocenters. The lowest BCUT2D eigenvalue weighted by atomic mass is 9.89. The highest BCUT2D eigenvalue weighted by molar-refractivity contribution is 6.74. The first-order valence-electron chi connectivity index (χ1n) is 16.2. The van der Waals surface area contributed by atoms with Crippen molar-refractivity contribution in [3.05, 3.63) is 60.2 Å². The number of rotatable bonds is 11. The number of benzene rings is 2. The highest BCUT2D eigenvalue weighted by Gasteiger charge is 2.44. The average Bonchev–Trinajstić information content (AvgIpc) is 3.25. The summed E-state index contributed by atoms with van der Waals surface area (Å²) in [6, 6.07) is 17.8. The van der Waals surface area contributed by atoms with Gasteiger partial charge in [-0.25, -0.2) is 4.79 Å². The van der Waals surface area contributed by atoms with Gasteiger partial charge < -0.3 is 18.6 Å². The summed E-state index contributed by atoms with van der Waals surface area (Å²) in [4.78, 5) is 25.2. The van der Waals surface area contributed by atoms with Crippen molar-refractivity contribution in [2.45, 2.75) is 122 Å². The minimum absolute atomic E-state index is 0.0368. The molecule has 0 spiro atoms. The lowest BCUT2D eigenvalue weighted by Gasteiger charge is -2.38. The van der Waals surface area contributed by atoms with Crippen molar-refractivity contribution < 1.29 is 28.2 Å². The fourth-order valence-electron chi connectivity index (χ4n) is 6.05. The Hall–Kier alpha value is -2.48. The van der Waals surface area contributed by atoms with Gasteiger partial charge in [0.05, 0.1) is 30.5 Å². The maximum Gasteiger partial charge on any atom is 0.338 e. The number of carbonyl (C=O) groups is 2. The Morgan fingerprint density at radius 2 is 1.63 bits per heavy atom. The first kappa shape index (κ1) is 33.4. The first-order valence-corrected chi connectivity index (χ1v) is 19.1. The van der Waals surface area contributed by atoms with Crippen LogP contribution in [0.3, 0.4) is 0 Å². The summed E-state index contributed by atoms with van der Waals surface area (Å²) in [6.45, 7) is 15.7. The zero-order valence-electron chi connectivity index (χ0n) is 27.3. The van der Waals surface area contributed by atoms with E-state index in [1.807, 2.05) is 56.3 Å². The summed E-state index contributed by atoms with van der Waals surface area (Å²) in [5.41, 5.74) is 2.77. The highest BCUT2D eigenvalue weighted by atomic mass is 28.4. The van der Waals surface area contributed by atoms with Crippen molar-refractivity contribution in [2.75, 3.05) is 6.61 Å². The molecule has 1 aliphatic heterocycles. The third-order valence-electron chi connectivity index (χ3n) is 9.61. The van der Waals surface area contributed by atoms with Crippen LogP contribution in [0.5, 0.6) is 0 Å². The second-order valence-electron chi connectivity index (χ2n) is 14.3. The van der Waals surface area contributed by atoms with Crippen molar-refractivity contribution in [1.29, 1.82) is 0 Å². The zero-order valence-corrected chi connectivity index (χ0v) is 28.3. The molecule has 5 unspecified atom stereocenters. The van der Waals surface area contributed by atoms with Crippen LogP contribution in [0.4, 0.5) is 0 Å². The van der Waals surface area contributed by atoms with Gasteiger partial charge in [0.15, 0.2) is 8.32 Å². The number of hydrogen-bond donors (Lipinski definition) is 0. The number of ether oxygens (including phenoxy) is 3. The van der Waals surface area contributed by atoms with Gasteiger partial charge in [0.2, 0.25) is 0 Å². The first-order chi connectivity index (χ1) is 20.3. The molecule has 2 aromatic rings. The normalized spacial score (nSPS) is 24.3. The van der Waals surface area contributed by atoms with Crippen LogP contribution >= 0.6 is 0 Å². The third kappa shape index (κ3) is 9.26. The molecule has 2 fully saturated rings. The molecule has 0 N–H and O–H groups in total. The minimum atomic E-state index is -1.96. The molecular formula is C36H52O6Si. The molecule has 43 heavy (non-hydrogen) atoms. The van der Waals surface area contributed by atoms with E-state index in [1.165, 1.54) is 0 Å². The Labute approximate surface area is 260 Å². The Morgan fingerprint density at radius 1 is 0.953 bits per heavy atom. The standard InChI is InChI=1S/C36H52O6Si/c1-25(2)40-34(37)15-11-14-28-18-21-30-22-31(23-32(30)42-33(28)24-39-43(6,7)36(3,4)5)41-35(38)29-19-16-27(17-20-29)26-12-9-8-10-13-26/h8-10,12-13,16-17,19-20,25,28,30-33H,11,14-15,18,21-24H2,1-7H3. The molecule has 1 saturated carbocycles. The average molecular weight is 609 g/mol. The summed E-state index contributed by atoms with van der Waals surface area (Å²) < 4.78 is 24.9. The Morgan fingerprint density at radius 3 is 2.28 bits per heavy atom. The molecule has 1 saturated heterocycles. The molecule has 0 amide bonds. The van der Waals surface area contributed by atoms with E-state index in [-0.39, 0.29) is 41.4 Å². The van der Waals surface area contributed by atoms with Crippen molar-refractivity contribution in [3.8, 4) is 11.1 Å². The fraction of sp³-hybridized carbons (Fsp3) is 0.611. The summed E-state index contributed by atoms with van der Waals surface area (Å²) in [5.74, 6) is 0.274. The van der Waals surface area contributed by atoms with Crippen molar-refractivity contribution >= 4 is 20.3 Å². The molecule has 1 aliphatic carbocycles. The minimum Gasteiger partial charge on any atom is -0.463 e. The second-order valence-corrected chi connectivity index (χ2v) is 19.1. The van der Waals surface area contributed by atoms with Gasteiger partial charge in [-0.2, -0.15) is 0 Å². The second kappa shape index (κ2) is 14.5. The predicted molar refractivity (Wildman–Crippen MR) is 173 cm³/mol. The van der Waals surface area contributed by atoms with Gasteiger partial charge in [-0.1, -0.05) is 63.2 Å². The third-order valence-corrected chi connectivity index (χ3v) is 14.1. The van der Waals surface area contributed by atoms with Gasteiger partial charge in [0.25, 0.3) is 0 Å². The molecule has 7 heteroatoms. The molecule has 6 nitrogen and oxygen atoms in total. The van der Waals surface area contributed by atoms with Gasteiger partial charge in [0, 0.05) is 12.8 Å². The van der Waals surface area contributed by atoms with E-state index in [9.17, 15) is 9.59 Å². The van der Waals surface area contributed by atoms with Gasteiger partial charge in [-0.3, -0.25) is 4.79 Å². The van der Waals surface area contributed by atoms with Crippen LogP contribution in [0, 0.1) is 11.8 Å². The van der Waals surface area contributed by atoms with Crippen LogP contribution in [-0.4, -0.2) is 51.3 Å². The molecule has 4 rings (SSSR count). The predicted octanol–water partition coefficient (Wildman–Crippen LogP) is 8.60. The monoisotopic (exact) mass is 608 g/mol. The van der Waals surface area contributed by atoms with Crippen LogP contribution in [0.1, 0.15) is 89.9 Å². The largest absolute Gasteiger partial charge is 0.463 e. The van der Waals surface area contributed by atoms with Gasteiger partial charge in [-0.05, 0) is 99.2 Å². The van der Waals surface area contributed by atoms with Gasteiger partial charge in [0.1, 0.15) is 6.10 Å². The van der Waals surface area contributed by atoms with E-state index in [2.05, 4.69) is 46.0 Å². The lowest BCUT2D eigenvalue weighted by molar-refractivity contribution is -0.147. The summed E-state index contributed by atoms with van der Waals surface area (Å²) >= 11 is 0. The van der Waals surface area contributed by atoms with E-state index in [0.29, 0.717) is 36.8 Å². The van der Waals surface area contributed by atoms with E-state index in [0.717, 1.165) is 43.2 Å². The maximum absolute atomic E-state index is 13.1. The molecule has 236 valence electrons. The number of carbonyl (C=O) groups excluding carboxylic acids is 2. The summed E-state index contributed by atoms with van der Waals surface area (Å²) in [6.07, 6.45) is 5.48. The zero-order chi connectivity index (χ0) is 31.2. The Kier molecular flexibility index (Phi) is 11.3. The number of hydrogen-bond acceptors (Lipinski definition) is 6. The molecule has 2 aromatic carbocycles.